The van der Waals surface area contributed by atoms with Gasteiger partial charge in [-0.25, -0.2) is 12.8 Å². The molecule has 3 nitrogen and oxygen atoms in total. The molecular weight excluding hydrogens is 313 g/mol. The van der Waals surface area contributed by atoms with Gasteiger partial charge >= 0.3 is 0 Å². The summed E-state index contributed by atoms with van der Waals surface area (Å²) in [6, 6.07) is 16.1. The predicted molar refractivity (Wildman–Crippen MR) is 88.8 cm³/mol. The lowest BCUT2D eigenvalue weighted by molar-refractivity contribution is 0.226. The molecule has 0 fully saturated rings. The summed E-state index contributed by atoms with van der Waals surface area (Å²) in [6.07, 6.45) is 1.72. The Balaban J connectivity index is 1.83. The van der Waals surface area contributed by atoms with Crippen molar-refractivity contribution in [2.24, 2.45) is 0 Å². The third kappa shape index (κ3) is 4.27. The monoisotopic (exact) mass is 331 g/mol. The van der Waals surface area contributed by atoms with E-state index in [4.69, 9.17) is 0 Å². The molecule has 1 heterocycles. The molecule has 0 amide bonds. The van der Waals surface area contributed by atoms with Crippen molar-refractivity contribution in [1.82, 2.24) is 4.90 Å². The van der Waals surface area contributed by atoms with E-state index in [9.17, 15) is 12.8 Å². The first-order valence-corrected chi connectivity index (χ1v) is 9.17. The molecule has 2 aromatic carbocycles. The zero-order valence-corrected chi connectivity index (χ0v) is 13.4. The van der Waals surface area contributed by atoms with Gasteiger partial charge in [-0.2, -0.15) is 0 Å². The Morgan fingerprint density at radius 2 is 1.70 bits per heavy atom. The molecule has 0 unspecified atom stereocenters. The van der Waals surface area contributed by atoms with Gasteiger partial charge in [-0.3, -0.25) is 4.90 Å². The zero-order chi connectivity index (χ0) is 16.3. The van der Waals surface area contributed by atoms with E-state index < -0.39 is 9.84 Å². The summed E-state index contributed by atoms with van der Waals surface area (Å²) in [6.45, 7) is 1.11. The first kappa shape index (κ1) is 15.9. The van der Waals surface area contributed by atoms with Crippen molar-refractivity contribution in [1.29, 1.82) is 0 Å². The van der Waals surface area contributed by atoms with Crippen LogP contribution in [0.3, 0.4) is 0 Å². The van der Waals surface area contributed by atoms with Crippen LogP contribution in [0.15, 0.2) is 66.1 Å². The molecule has 0 radical (unpaired) electrons. The lowest BCUT2D eigenvalue weighted by Crippen LogP contribution is -2.35. The molecule has 120 valence electrons. The molecule has 0 aromatic heterocycles. The number of sulfone groups is 1. The van der Waals surface area contributed by atoms with Gasteiger partial charge in [0.05, 0.1) is 5.75 Å². The highest BCUT2D eigenvalue weighted by molar-refractivity contribution is 7.94. The summed E-state index contributed by atoms with van der Waals surface area (Å²) in [5.41, 5.74) is 1.93. The molecule has 1 aliphatic heterocycles. The van der Waals surface area contributed by atoms with E-state index in [0.29, 0.717) is 13.1 Å². The van der Waals surface area contributed by atoms with E-state index in [1.807, 2.05) is 36.4 Å². The Labute approximate surface area is 136 Å². The Hall–Kier alpha value is -1.98. The summed E-state index contributed by atoms with van der Waals surface area (Å²) < 4.78 is 36.9. The summed E-state index contributed by atoms with van der Waals surface area (Å²) in [5.74, 6) is -0.202. The topological polar surface area (TPSA) is 37.4 Å². The smallest absolute Gasteiger partial charge is 0.173 e. The van der Waals surface area contributed by atoms with Gasteiger partial charge in [-0.05, 0) is 23.3 Å². The largest absolute Gasteiger partial charge is 0.287 e. The summed E-state index contributed by atoms with van der Waals surface area (Å²) >= 11 is 0. The lowest BCUT2D eigenvalue weighted by atomic mass is 10.1. The second kappa shape index (κ2) is 6.64. The fourth-order valence-corrected chi connectivity index (χ4v) is 4.09. The van der Waals surface area contributed by atoms with Crippen LogP contribution in [0, 0.1) is 5.82 Å². The van der Waals surface area contributed by atoms with E-state index in [1.54, 1.807) is 12.1 Å². The van der Waals surface area contributed by atoms with Gasteiger partial charge in [0.15, 0.2) is 9.84 Å². The van der Waals surface area contributed by atoms with Crippen LogP contribution >= 0.6 is 0 Å². The van der Waals surface area contributed by atoms with Gasteiger partial charge in [0.25, 0.3) is 0 Å². The van der Waals surface area contributed by atoms with Gasteiger partial charge in [-0.15, -0.1) is 0 Å². The summed E-state index contributed by atoms with van der Waals surface area (Å²) in [7, 11) is -3.13. The summed E-state index contributed by atoms with van der Waals surface area (Å²) in [4.78, 5) is 2.06. The molecule has 1 atom stereocenters. The van der Waals surface area contributed by atoms with Crippen LogP contribution in [0.1, 0.15) is 11.1 Å². The van der Waals surface area contributed by atoms with Crippen molar-refractivity contribution < 1.29 is 12.8 Å². The fourth-order valence-electron chi connectivity index (χ4n) is 2.76. The van der Waals surface area contributed by atoms with Gasteiger partial charge < -0.3 is 0 Å². The fraction of sp³-hybridized carbons (Fsp3) is 0.222. The second-order valence-corrected chi connectivity index (χ2v) is 7.68. The Morgan fingerprint density at radius 3 is 2.35 bits per heavy atom. The van der Waals surface area contributed by atoms with Crippen LogP contribution in [-0.4, -0.2) is 25.1 Å². The van der Waals surface area contributed by atoms with Crippen LogP contribution in [0.4, 0.5) is 4.39 Å². The van der Waals surface area contributed by atoms with Crippen LogP contribution in [-0.2, 0) is 22.9 Å². The maximum atomic E-state index is 13.4. The van der Waals surface area contributed by atoms with Crippen LogP contribution in [0.2, 0.25) is 0 Å². The maximum Gasteiger partial charge on any atom is 0.173 e. The summed E-state index contributed by atoms with van der Waals surface area (Å²) in [5, 5.41) is 1.28. The van der Waals surface area contributed by atoms with Crippen molar-refractivity contribution in [2.45, 2.75) is 19.1 Å². The average molecular weight is 331 g/mol. The number of halogens is 1. The van der Waals surface area contributed by atoms with Crippen LogP contribution < -0.4 is 0 Å². The molecule has 23 heavy (non-hydrogen) atoms. The van der Waals surface area contributed by atoms with E-state index >= 15 is 0 Å². The molecule has 3 rings (SSSR count). The number of nitrogens with zero attached hydrogens (tertiary/aromatic N) is 1. The van der Waals surface area contributed by atoms with Gasteiger partial charge in [-0.1, -0.05) is 48.5 Å². The highest BCUT2D eigenvalue weighted by Crippen LogP contribution is 2.20. The standard InChI is InChI=1S/C18H18FNO2S/c19-17-8-4-7-16(11-17)13-20(12-15-5-2-1-3-6-15)18-9-10-23(21,22)14-18/h1-11,18H,12-14H2/t18-/m1/s1. The second-order valence-electron chi connectivity index (χ2n) is 5.75. The van der Waals surface area contributed by atoms with E-state index in [1.165, 1.54) is 17.5 Å². The van der Waals surface area contributed by atoms with Gasteiger partial charge in [0.1, 0.15) is 5.82 Å². The van der Waals surface area contributed by atoms with E-state index in [2.05, 4.69) is 4.90 Å². The number of hydrogen-bond acceptors (Lipinski definition) is 3. The highest BCUT2D eigenvalue weighted by atomic mass is 32.2. The minimum absolute atomic E-state index is 0.0785. The Kier molecular flexibility index (Phi) is 4.59. The average Bonchev–Trinajstić information content (AvgIpc) is 2.88. The molecule has 0 bridgehead atoms. The van der Waals surface area contributed by atoms with Gasteiger partial charge in [0, 0.05) is 24.5 Å². The first-order valence-electron chi connectivity index (χ1n) is 7.45. The Bertz CT molecular complexity index is 803. The van der Waals surface area contributed by atoms with Crippen molar-refractivity contribution in [3.8, 4) is 0 Å². The predicted octanol–water partition coefficient (Wildman–Crippen LogP) is 3.14. The number of benzene rings is 2. The molecule has 0 saturated carbocycles. The molecular formula is C18H18FNO2S. The maximum absolute atomic E-state index is 13.4. The molecule has 2 aromatic rings. The molecule has 0 spiro atoms. The third-order valence-electron chi connectivity index (χ3n) is 3.88. The normalized spacial score (nSPS) is 19.3. The number of rotatable bonds is 5. The highest BCUT2D eigenvalue weighted by Gasteiger charge is 2.27. The third-order valence-corrected chi connectivity index (χ3v) is 5.26. The first-order chi connectivity index (χ1) is 11.0. The number of hydrogen-bond donors (Lipinski definition) is 0. The van der Waals surface area contributed by atoms with Crippen molar-refractivity contribution in [3.05, 3.63) is 83.0 Å². The molecule has 1 aliphatic rings. The molecule has 0 N–H and O–H groups in total. The van der Waals surface area contributed by atoms with Crippen molar-refractivity contribution in [3.63, 3.8) is 0 Å². The van der Waals surface area contributed by atoms with E-state index in [-0.39, 0.29) is 17.6 Å². The van der Waals surface area contributed by atoms with Crippen LogP contribution in [0.25, 0.3) is 0 Å². The van der Waals surface area contributed by atoms with E-state index in [0.717, 1.165) is 11.1 Å². The Morgan fingerprint density at radius 1 is 1.00 bits per heavy atom. The van der Waals surface area contributed by atoms with Crippen molar-refractivity contribution >= 4 is 9.84 Å². The SMILES string of the molecule is O=S1(=O)C=C[C@@H](N(Cc2ccccc2)Cc2cccc(F)c2)C1. The molecule has 5 heteroatoms. The minimum Gasteiger partial charge on any atom is -0.287 e. The van der Waals surface area contributed by atoms with Gasteiger partial charge in [0.2, 0.25) is 0 Å². The molecule has 0 aliphatic carbocycles. The quantitative estimate of drug-likeness (QED) is 0.845. The minimum atomic E-state index is -3.13. The zero-order valence-electron chi connectivity index (χ0n) is 12.6. The van der Waals surface area contributed by atoms with Crippen molar-refractivity contribution in [2.75, 3.05) is 5.75 Å². The lowest BCUT2D eigenvalue weighted by Gasteiger charge is -2.27. The van der Waals surface area contributed by atoms with Crippen LogP contribution in [0.5, 0.6) is 0 Å². The molecule has 0 saturated heterocycles.